The van der Waals surface area contributed by atoms with Gasteiger partial charge < -0.3 is 4.74 Å². The van der Waals surface area contributed by atoms with Crippen LogP contribution in [0.2, 0.25) is 5.02 Å². The number of methoxy groups -OCH3 is 1. The van der Waals surface area contributed by atoms with Crippen molar-refractivity contribution in [3.63, 3.8) is 0 Å². The first-order valence-corrected chi connectivity index (χ1v) is 5.51. The van der Waals surface area contributed by atoms with E-state index in [1.807, 2.05) is 0 Å². The summed E-state index contributed by atoms with van der Waals surface area (Å²) in [5, 5.41) is -0.257. The Hall–Kier alpha value is -0.820. The Morgan fingerprint density at radius 2 is 2.18 bits per heavy atom. The summed E-state index contributed by atoms with van der Waals surface area (Å²) < 4.78 is 41.4. The van der Waals surface area contributed by atoms with Gasteiger partial charge in [-0.3, -0.25) is 9.78 Å². The van der Waals surface area contributed by atoms with E-state index in [1.54, 1.807) is 0 Å². The van der Waals surface area contributed by atoms with Crippen LogP contribution in [0.25, 0.3) is 0 Å². The Bertz CT molecular complexity index is 439. The van der Waals surface area contributed by atoms with Crippen molar-refractivity contribution in [2.45, 2.75) is 11.0 Å². The molecule has 1 aromatic heterocycles. The number of esters is 1. The van der Waals surface area contributed by atoms with Crippen molar-refractivity contribution in [3.8, 4) is 0 Å². The highest BCUT2D eigenvalue weighted by Crippen LogP contribution is 2.34. The molecule has 17 heavy (non-hydrogen) atoms. The number of hydrogen-bond donors (Lipinski definition) is 0. The zero-order valence-corrected chi connectivity index (χ0v) is 10.7. The van der Waals surface area contributed by atoms with Gasteiger partial charge in [0.05, 0.1) is 23.4 Å². The van der Waals surface area contributed by atoms with Gasteiger partial charge in [-0.05, 0) is 6.07 Å². The summed E-state index contributed by atoms with van der Waals surface area (Å²) in [5.74, 6) is -0.695. The molecule has 1 aromatic rings. The largest absolute Gasteiger partial charge is 0.468 e. The highest BCUT2D eigenvalue weighted by molar-refractivity contribution is 9.09. The lowest BCUT2D eigenvalue weighted by Gasteiger charge is -2.11. The second-order valence-corrected chi connectivity index (χ2v) is 4.30. The minimum atomic E-state index is -4.53. The van der Waals surface area contributed by atoms with E-state index in [0.717, 1.165) is 7.11 Å². The van der Waals surface area contributed by atoms with Crippen LogP contribution in [0.15, 0.2) is 12.3 Å². The standard InChI is InChI=1S/C9H6BrClF3NO2/c1-17-8(16)6(10)7-5(11)2-4(3-15-7)9(12,13)14/h2-3,6H,1H3/t6-/m1/s1. The first kappa shape index (κ1) is 14.2. The average Bonchev–Trinajstić information content (AvgIpc) is 2.25. The van der Waals surface area contributed by atoms with Gasteiger partial charge in [0.2, 0.25) is 0 Å². The Kier molecular flexibility index (Phi) is 4.37. The Labute approximate surface area is 108 Å². The van der Waals surface area contributed by atoms with Crippen LogP contribution >= 0.6 is 27.5 Å². The van der Waals surface area contributed by atoms with Gasteiger partial charge in [0.15, 0.2) is 4.83 Å². The summed E-state index contributed by atoms with van der Waals surface area (Å²) >= 11 is 8.57. The van der Waals surface area contributed by atoms with Crippen molar-refractivity contribution in [1.82, 2.24) is 4.98 Å². The van der Waals surface area contributed by atoms with Crippen LogP contribution in [0.1, 0.15) is 16.1 Å². The number of pyridine rings is 1. The molecule has 0 N–H and O–H groups in total. The zero-order valence-electron chi connectivity index (χ0n) is 8.39. The molecule has 0 aliphatic heterocycles. The second kappa shape index (κ2) is 5.22. The molecule has 0 fully saturated rings. The third kappa shape index (κ3) is 3.32. The summed E-state index contributed by atoms with van der Waals surface area (Å²) in [6, 6.07) is 0.709. The third-order valence-electron chi connectivity index (χ3n) is 1.85. The summed E-state index contributed by atoms with van der Waals surface area (Å²) in [6.45, 7) is 0. The number of carbonyl (C=O) groups is 1. The van der Waals surface area contributed by atoms with Crippen LogP contribution in [0.3, 0.4) is 0 Å². The molecule has 0 saturated heterocycles. The van der Waals surface area contributed by atoms with Crippen LogP contribution in [-0.4, -0.2) is 18.1 Å². The Morgan fingerprint density at radius 3 is 2.59 bits per heavy atom. The minimum absolute atomic E-state index is 0.0217. The normalized spacial score (nSPS) is 13.3. The number of aromatic nitrogens is 1. The first-order chi connectivity index (χ1) is 7.77. The molecular formula is C9H6BrClF3NO2. The van der Waals surface area contributed by atoms with Crippen LogP contribution < -0.4 is 0 Å². The first-order valence-electron chi connectivity index (χ1n) is 4.22. The number of ether oxygens (including phenoxy) is 1. The van der Waals surface area contributed by atoms with E-state index in [2.05, 4.69) is 25.7 Å². The predicted molar refractivity (Wildman–Crippen MR) is 57.9 cm³/mol. The molecule has 0 aliphatic carbocycles. The number of alkyl halides is 4. The molecule has 0 aliphatic rings. The molecule has 1 rings (SSSR count). The molecule has 1 atom stereocenters. The number of halogens is 5. The fourth-order valence-electron chi connectivity index (χ4n) is 1.01. The molecule has 1 heterocycles. The molecule has 8 heteroatoms. The van der Waals surface area contributed by atoms with Crippen molar-refractivity contribution in [1.29, 1.82) is 0 Å². The van der Waals surface area contributed by atoms with Crippen LogP contribution in [-0.2, 0) is 15.7 Å². The Morgan fingerprint density at radius 1 is 1.59 bits per heavy atom. The number of carbonyl (C=O) groups excluding carboxylic acids is 1. The molecule has 0 radical (unpaired) electrons. The monoisotopic (exact) mass is 331 g/mol. The van der Waals surface area contributed by atoms with Gasteiger partial charge in [0.1, 0.15) is 0 Å². The van der Waals surface area contributed by atoms with Crippen LogP contribution in [0.4, 0.5) is 13.2 Å². The van der Waals surface area contributed by atoms with E-state index in [0.29, 0.717) is 12.3 Å². The molecule has 0 amide bonds. The van der Waals surface area contributed by atoms with Gasteiger partial charge >= 0.3 is 12.1 Å². The van der Waals surface area contributed by atoms with E-state index in [1.165, 1.54) is 0 Å². The van der Waals surface area contributed by atoms with Crippen molar-refractivity contribution in [2.24, 2.45) is 0 Å². The molecular weight excluding hydrogens is 326 g/mol. The summed E-state index contributed by atoms with van der Waals surface area (Å²) in [5.41, 5.74) is -0.998. The number of rotatable bonds is 2. The zero-order chi connectivity index (χ0) is 13.2. The molecule has 94 valence electrons. The molecule has 0 spiro atoms. The summed E-state index contributed by atoms with van der Waals surface area (Å²) in [6.07, 6.45) is -3.92. The van der Waals surface area contributed by atoms with Crippen molar-refractivity contribution in [2.75, 3.05) is 7.11 Å². The SMILES string of the molecule is COC(=O)[C@H](Br)c1ncc(C(F)(F)F)cc1Cl. The summed E-state index contributed by atoms with van der Waals surface area (Å²) in [4.78, 5) is 13.7. The lowest BCUT2D eigenvalue weighted by molar-refractivity contribution is -0.140. The van der Waals surface area contributed by atoms with Gasteiger partial charge in [-0.25, -0.2) is 0 Å². The van der Waals surface area contributed by atoms with E-state index in [-0.39, 0.29) is 10.7 Å². The van der Waals surface area contributed by atoms with Gasteiger partial charge in [-0.15, -0.1) is 0 Å². The third-order valence-corrected chi connectivity index (χ3v) is 2.96. The number of hydrogen-bond acceptors (Lipinski definition) is 3. The lowest BCUT2D eigenvalue weighted by atomic mass is 10.2. The van der Waals surface area contributed by atoms with E-state index < -0.39 is 22.5 Å². The highest BCUT2D eigenvalue weighted by atomic mass is 79.9. The predicted octanol–water partition coefficient (Wildman–Crippen LogP) is 3.36. The fraction of sp³-hybridized carbons (Fsp3) is 0.333. The topological polar surface area (TPSA) is 39.2 Å². The van der Waals surface area contributed by atoms with E-state index in [4.69, 9.17) is 11.6 Å². The highest BCUT2D eigenvalue weighted by Gasteiger charge is 2.32. The van der Waals surface area contributed by atoms with E-state index >= 15 is 0 Å². The number of nitrogens with zero attached hydrogens (tertiary/aromatic N) is 1. The Balaban J connectivity index is 3.10. The maximum absolute atomic E-state index is 12.3. The molecule has 3 nitrogen and oxygen atoms in total. The smallest absolute Gasteiger partial charge is 0.417 e. The lowest BCUT2D eigenvalue weighted by Crippen LogP contribution is -2.12. The quantitative estimate of drug-likeness (QED) is 0.616. The fourth-order valence-corrected chi connectivity index (χ4v) is 1.96. The van der Waals surface area contributed by atoms with Gasteiger partial charge in [0, 0.05) is 6.20 Å². The molecule has 0 saturated carbocycles. The van der Waals surface area contributed by atoms with Gasteiger partial charge in [0.25, 0.3) is 0 Å². The summed E-state index contributed by atoms with van der Waals surface area (Å²) in [7, 11) is 1.15. The van der Waals surface area contributed by atoms with Crippen molar-refractivity contribution in [3.05, 3.63) is 28.5 Å². The van der Waals surface area contributed by atoms with Crippen molar-refractivity contribution >= 4 is 33.5 Å². The van der Waals surface area contributed by atoms with Gasteiger partial charge in [-0.2, -0.15) is 13.2 Å². The van der Waals surface area contributed by atoms with Crippen LogP contribution in [0.5, 0.6) is 0 Å². The van der Waals surface area contributed by atoms with Crippen LogP contribution in [0, 0.1) is 0 Å². The van der Waals surface area contributed by atoms with Gasteiger partial charge in [-0.1, -0.05) is 27.5 Å². The van der Waals surface area contributed by atoms with Crippen molar-refractivity contribution < 1.29 is 22.7 Å². The molecule has 0 bridgehead atoms. The maximum Gasteiger partial charge on any atom is 0.417 e. The second-order valence-electron chi connectivity index (χ2n) is 2.97. The molecule has 0 unspecified atom stereocenters. The van der Waals surface area contributed by atoms with E-state index in [9.17, 15) is 18.0 Å². The maximum atomic E-state index is 12.3. The molecule has 0 aromatic carbocycles. The average molecular weight is 333 g/mol. The minimum Gasteiger partial charge on any atom is -0.468 e.